The molecule has 24 heavy (non-hydrogen) atoms. The molecule has 1 aliphatic heterocycles. The topological polar surface area (TPSA) is 27.3 Å². The second kappa shape index (κ2) is 8.21. The zero-order valence-electron chi connectivity index (χ0n) is 15.6. The Hall–Kier alpha value is -1.26. The molecule has 0 unspecified atom stereocenters. The Bertz CT molecular complexity index is 526. The summed E-state index contributed by atoms with van der Waals surface area (Å²) in [4.78, 5) is 3.55. The molecule has 1 saturated carbocycles. The van der Waals surface area contributed by atoms with Crippen LogP contribution in [-0.4, -0.2) is 46.4 Å². The summed E-state index contributed by atoms with van der Waals surface area (Å²) in [5.74, 6) is 2.76. The van der Waals surface area contributed by atoms with E-state index < -0.39 is 0 Å². The molecule has 1 aromatic rings. The Kier molecular flexibility index (Phi) is 6.01. The summed E-state index contributed by atoms with van der Waals surface area (Å²) in [6.45, 7) is 8.69. The van der Waals surface area contributed by atoms with Gasteiger partial charge in [0.25, 0.3) is 0 Å². The van der Waals surface area contributed by atoms with Crippen LogP contribution < -0.4 is 19.3 Å². The Morgan fingerprint density at radius 3 is 2.50 bits per heavy atom. The molecule has 1 aliphatic carbocycles. The van der Waals surface area contributed by atoms with Gasteiger partial charge in [0.15, 0.2) is 0 Å². The molecule has 0 bridgehead atoms. The highest BCUT2D eigenvalue weighted by Crippen LogP contribution is 2.24. The number of nitrogens with one attached hydrogen (secondary N) is 2. The van der Waals surface area contributed by atoms with Gasteiger partial charge in [0.2, 0.25) is 0 Å². The second-order valence-corrected chi connectivity index (χ2v) is 7.73. The van der Waals surface area contributed by atoms with Crippen molar-refractivity contribution in [2.45, 2.75) is 45.2 Å². The normalized spacial score (nSPS) is 30.8. The predicted molar refractivity (Wildman–Crippen MR) is 96.1 cm³/mol. The van der Waals surface area contributed by atoms with E-state index in [0.29, 0.717) is 0 Å². The van der Waals surface area contributed by atoms with Crippen LogP contribution in [0.1, 0.15) is 38.2 Å². The number of hydrogen-bond acceptors (Lipinski definition) is 2. The van der Waals surface area contributed by atoms with Crippen molar-refractivity contribution in [3.63, 3.8) is 0 Å². The number of benzene rings is 1. The van der Waals surface area contributed by atoms with E-state index in [4.69, 9.17) is 9.47 Å². The van der Waals surface area contributed by atoms with Crippen molar-refractivity contribution in [2.75, 3.05) is 40.4 Å². The highest BCUT2D eigenvalue weighted by molar-refractivity contribution is 5.40. The van der Waals surface area contributed by atoms with Crippen LogP contribution in [-0.2, 0) is 6.54 Å². The van der Waals surface area contributed by atoms with Crippen molar-refractivity contribution in [3.8, 4) is 11.5 Å². The van der Waals surface area contributed by atoms with Crippen LogP contribution in [0.5, 0.6) is 11.5 Å². The van der Waals surface area contributed by atoms with E-state index in [1.807, 2.05) is 17.0 Å². The number of ether oxygens (including phenoxy) is 2. The van der Waals surface area contributed by atoms with Crippen LogP contribution >= 0.6 is 0 Å². The molecule has 1 heterocycles. The molecule has 1 aromatic carbocycles. The van der Waals surface area contributed by atoms with E-state index in [9.17, 15) is 0 Å². The van der Waals surface area contributed by atoms with Crippen LogP contribution in [0.3, 0.4) is 0 Å². The molecule has 0 radical (unpaired) electrons. The zero-order chi connectivity index (χ0) is 16.9. The third kappa shape index (κ3) is 4.22. The maximum atomic E-state index is 5.56. The van der Waals surface area contributed by atoms with Gasteiger partial charge in [-0.05, 0) is 30.9 Å². The van der Waals surface area contributed by atoms with E-state index in [1.165, 1.54) is 57.4 Å². The van der Waals surface area contributed by atoms with Gasteiger partial charge in [0.1, 0.15) is 44.2 Å². The zero-order valence-corrected chi connectivity index (χ0v) is 15.6. The number of hydrogen-bond donors (Lipinski definition) is 2. The highest BCUT2D eigenvalue weighted by atomic mass is 16.5. The maximum absolute atomic E-state index is 5.56. The van der Waals surface area contributed by atoms with Crippen LogP contribution in [0.2, 0.25) is 0 Å². The van der Waals surface area contributed by atoms with Gasteiger partial charge in [-0.3, -0.25) is 0 Å². The summed E-state index contributed by atoms with van der Waals surface area (Å²) in [7, 11) is 3.45. The first kappa shape index (κ1) is 17.6. The lowest BCUT2D eigenvalue weighted by atomic mass is 9.86. The number of rotatable bonds is 5. The molecule has 4 heteroatoms. The number of methoxy groups -OCH3 is 2. The molecular formula is C20H34N2O2+2. The summed E-state index contributed by atoms with van der Waals surface area (Å²) in [5, 5.41) is 0. The monoisotopic (exact) mass is 334 g/mol. The van der Waals surface area contributed by atoms with Gasteiger partial charge in [-0.15, -0.1) is 0 Å². The maximum Gasteiger partial charge on any atom is 0.131 e. The van der Waals surface area contributed by atoms with Gasteiger partial charge in [-0.1, -0.05) is 13.3 Å². The minimum absolute atomic E-state index is 0.867. The molecule has 2 atom stereocenters. The first-order valence-electron chi connectivity index (χ1n) is 9.58. The average Bonchev–Trinajstić information content (AvgIpc) is 2.62. The predicted octanol–water partition coefficient (Wildman–Crippen LogP) is 0.566. The van der Waals surface area contributed by atoms with Gasteiger partial charge in [-0.25, -0.2) is 0 Å². The highest BCUT2D eigenvalue weighted by Gasteiger charge is 2.32. The molecule has 3 rings (SSSR count). The smallest absolute Gasteiger partial charge is 0.131 e. The number of quaternary nitrogens is 2. The van der Waals surface area contributed by atoms with Crippen molar-refractivity contribution in [2.24, 2.45) is 5.92 Å². The molecule has 2 N–H and O–H groups in total. The Labute approximate surface area is 146 Å². The lowest BCUT2D eigenvalue weighted by molar-refractivity contribution is -1.03. The molecule has 2 fully saturated rings. The third-order valence-electron chi connectivity index (χ3n) is 6.05. The SMILES string of the molecule is COc1ccc(C[NH+]2CC[NH+]([C@H]3CCC[C@@H](C)C3)CC2)c(OC)c1. The molecule has 4 nitrogen and oxygen atoms in total. The van der Waals surface area contributed by atoms with Gasteiger partial charge in [-0.2, -0.15) is 0 Å². The van der Waals surface area contributed by atoms with Crippen LogP contribution in [0.25, 0.3) is 0 Å². The van der Waals surface area contributed by atoms with E-state index in [1.54, 1.807) is 19.1 Å². The van der Waals surface area contributed by atoms with Gasteiger partial charge in [0.05, 0.1) is 20.3 Å². The second-order valence-electron chi connectivity index (χ2n) is 7.73. The summed E-state index contributed by atoms with van der Waals surface area (Å²) < 4.78 is 10.9. The van der Waals surface area contributed by atoms with Crippen LogP contribution in [0.4, 0.5) is 0 Å². The Balaban J connectivity index is 1.54. The van der Waals surface area contributed by atoms with Crippen LogP contribution in [0, 0.1) is 5.92 Å². The minimum atomic E-state index is 0.867. The third-order valence-corrected chi connectivity index (χ3v) is 6.05. The van der Waals surface area contributed by atoms with Gasteiger partial charge >= 0.3 is 0 Å². The standard InChI is InChI=1S/C20H32N2O2/c1-16-5-4-6-18(13-16)22-11-9-21(10-12-22)15-17-7-8-19(23-2)14-20(17)24-3/h7-8,14,16,18H,4-6,9-13,15H2,1-3H3/p+2/t16-,18+/m1/s1. The number of piperazine rings is 1. The fourth-order valence-electron chi connectivity index (χ4n) is 4.58. The molecule has 0 aromatic heterocycles. The van der Waals surface area contributed by atoms with Crippen LogP contribution in [0.15, 0.2) is 18.2 Å². The Morgan fingerprint density at radius 1 is 1.04 bits per heavy atom. The van der Waals surface area contributed by atoms with Crippen molar-refractivity contribution in [3.05, 3.63) is 23.8 Å². The molecule has 0 spiro atoms. The molecule has 0 amide bonds. The quantitative estimate of drug-likeness (QED) is 0.824. The first-order valence-corrected chi connectivity index (χ1v) is 9.58. The summed E-state index contributed by atoms with van der Waals surface area (Å²) in [6, 6.07) is 7.13. The van der Waals surface area contributed by atoms with E-state index >= 15 is 0 Å². The van der Waals surface area contributed by atoms with Crippen molar-refractivity contribution in [1.29, 1.82) is 0 Å². The molecular weight excluding hydrogens is 300 g/mol. The fraction of sp³-hybridized carbons (Fsp3) is 0.700. The molecule has 1 saturated heterocycles. The largest absolute Gasteiger partial charge is 0.497 e. The van der Waals surface area contributed by atoms with Gasteiger partial charge < -0.3 is 19.3 Å². The van der Waals surface area contributed by atoms with E-state index in [-0.39, 0.29) is 0 Å². The summed E-state index contributed by atoms with van der Waals surface area (Å²) in [5.41, 5.74) is 1.29. The molecule has 134 valence electrons. The lowest BCUT2D eigenvalue weighted by Gasteiger charge is -2.37. The lowest BCUT2D eigenvalue weighted by Crippen LogP contribution is -3.29. The van der Waals surface area contributed by atoms with Gasteiger partial charge in [0, 0.05) is 18.1 Å². The first-order chi connectivity index (χ1) is 11.7. The van der Waals surface area contributed by atoms with E-state index in [0.717, 1.165) is 30.0 Å². The fourth-order valence-corrected chi connectivity index (χ4v) is 4.58. The average molecular weight is 335 g/mol. The minimum Gasteiger partial charge on any atom is -0.497 e. The molecule has 2 aliphatic rings. The van der Waals surface area contributed by atoms with Crippen molar-refractivity contribution >= 4 is 0 Å². The van der Waals surface area contributed by atoms with E-state index in [2.05, 4.69) is 13.0 Å². The summed E-state index contributed by atoms with van der Waals surface area (Å²) in [6.07, 6.45) is 5.77. The van der Waals surface area contributed by atoms with Crippen molar-refractivity contribution < 1.29 is 19.3 Å². The summed E-state index contributed by atoms with van der Waals surface area (Å²) >= 11 is 0. The van der Waals surface area contributed by atoms with Crippen molar-refractivity contribution in [1.82, 2.24) is 0 Å². The Morgan fingerprint density at radius 2 is 1.83 bits per heavy atom.